The van der Waals surface area contributed by atoms with Crippen molar-refractivity contribution in [2.24, 2.45) is 5.92 Å². The number of Topliss-reactive ketones (excluding diaryl/α,β-unsaturated/α-hetero) is 1. The van der Waals surface area contributed by atoms with Crippen LogP contribution in [0.5, 0.6) is 5.75 Å². The number of carbonyl (C=O) groups is 1. The van der Waals surface area contributed by atoms with Gasteiger partial charge in [0.25, 0.3) is 0 Å². The Bertz CT molecular complexity index is 968. The van der Waals surface area contributed by atoms with E-state index in [0.717, 1.165) is 0 Å². The highest BCUT2D eigenvalue weighted by atomic mass is 16.4. The van der Waals surface area contributed by atoms with Crippen LogP contribution >= 0.6 is 0 Å². The van der Waals surface area contributed by atoms with Crippen LogP contribution in [0, 0.1) is 12.8 Å². The maximum Gasteiger partial charge on any atom is 0.342 e. The van der Waals surface area contributed by atoms with Crippen molar-refractivity contribution in [3.63, 3.8) is 0 Å². The van der Waals surface area contributed by atoms with Gasteiger partial charge in [0.2, 0.25) is 0 Å². The number of aromatic nitrogens is 1. The average molecular weight is 364 g/mol. The van der Waals surface area contributed by atoms with Gasteiger partial charge >= 0.3 is 5.63 Å². The number of carbonyl (C=O) groups excluding carboxylic acids is 1. The van der Waals surface area contributed by atoms with Crippen LogP contribution in [0.3, 0.4) is 0 Å². The SMILES string of the molecule is Cc1cc(O)c(CC(CNc2ccccn2)C(=O)c2ccccc2)c(=O)o1. The Balaban J connectivity index is 1.87. The van der Waals surface area contributed by atoms with E-state index in [2.05, 4.69) is 10.3 Å². The van der Waals surface area contributed by atoms with Gasteiger partial charge in [-0.25, -0.2) is 9.78 Å². The van der Waals surface area contributed by atoms with Crippen molar-refractivity contribution in [1.82, 2.24) is 4.98 Å². The number of rotatable bonds is 7. The van der Waals surface area contributed by atoms with E-state index in [1.54, 1.807) is 49.5 Å². The van der Waals surface area contributed by atoms with Gasteiger partial charge in [-0.1, -0.05) is 36.4 Å². The summed E-state index contributed by atoms with van der Waals surface area (Å²) < 4.78 is 5.08. The first-order chi connectivity index (χ1) is 13.0. The van der Waals surface area contributed by atoms with Crippen molar-refractivity contribution < 1.29 is 14.3 Å². The molecule has 3 aromatic rings. The first-order valence-corrected chi connectivity index (χ1v) is 8.61. The Morgan fingerprint density at radius 3 is 2.59 bits per heavy atom. The van der Waals surface area contributed by atoms with Crippen LogP contribution in [0.1, 0.15) is 21.7 Å². The Morgan fingerprint density at radius 2 is 1.93 bits per heavy atom. The topological polar surface area (TPSA) is 92.4 Å². The third-order valence-corrected chi connectivity index (χ3v) is 4.22. The minimum absolute atomic E-state index is 0.0575. The van der Waals surface area contributed by atoms with Crippen molar-refractivity contribution in [3.8, 4) is 5.75 Å². The number of hydrogen-bond acceptors (Lipinski definition) is 6. The van der Waals surface area contributed by atoms with E-state index in [4.69, 9.17) is 4.42 Å². The highest BCUT2D eigenvalue weighted by molar-refractivity contribution is 5.98. The second-order valence-corrected chi connectivity index (χ2v) is 6.24. The first kappa shape index (κ1) is 18.4. The lowest BCUT2D eigenvalue weighted by Gasteiger charge is -2.17. The van der Waals surface area contributed by atoms with E-state index in [1.807, 2.05) is 12.1 Å². The zero-order valence-electron chi connectivity index (χ0n) is 14.9. The third-order valence-electron chi connectivity index (χ3n) is 4.22. The molecule has 1 aromatic carbocycles. The van der Waals surface area contributed by atoms with Gasteiger partial charge in [0.1, 0.15) is 17.3 Å². The molecule has 0 saturated heterocycles. The van der Waals surface area contributed by atoms with Crippen LogP contribution in [0.2, 0.25) is 0 Å². The molecule has 0 aliphatic heterocycles. The number of ketones is 1. The zero-order valence-corrected chi connectivity index (χ0v) is 14.9. The molecule has 138 valence electrons. The molecule has 0 fully saturated rings. The minimum atomic E-state index is -0.629. The molecule has 0 aliphatic rings. The molecule has 0 amide bonds. The molecule has 3 rings (SSSR count). The number of pyridine rings is 1. The molecule has 6 heteroatoms. The molecular weight excluding hydrogens is 344 g/mol. The summed E-state index contributed by atoms with van der Waals surface area (Å²) in [5, 5.41) is 13.3. The summed E-state index contributed by atoms with van der Waals surface area (Å²) in [7, 11) is 0. The summed E-state index contributed by atoms with van der Waals surface area (Å²) in [6.07, 6.45) is 1.71. The van der Waals surface area contributed by atoms with Crippen molar-refractivity contribution in [2.45, 2.75) is 13.3 Å². The summed E-state index contributed by atoms with van der Waals surface area (Å²) >= 11 is 0. The second kappa shape index (κ2) is 8.31. The molecule has 2 N–H and O–H groups in total. The van der Waals surface area contributed by atoms with Gasteiger partial charge in [-0.2, -0.15) is 0 Å². The van der Waals surface area contributed by atoms with Gasteiger partial charge in [0, 0.05) is 30.3 Å². The quantitative estimate of drug-likeness (QED) is 0.626. The molecule has 1 unspecified atom stereocenters. The largest absolute Gasteiger partial charge is 0.507 e. The molecule has 2 aromatic heterocycles. The predicted octanol–water partition coefficient (Wildman–Crippen LogP) is 3.20. The maximum atomic E-state index is 13.0. The minimum Gasteiger partial charge on any atom is -0.507 e. The van der Waals surface area contributed by atoms with Crippen molar-refractivity contribution in [2.75, 3.05) is 11.9 Å². The maximum absolute atomic E-state index is 13.0. The number of anilines is 1. The molecule has 0 radical (unpaired) electrons. The van der Waals surface area contributed by atoms with E-state index < -0.39 is 11.5 Å². The lowest BCUT2D eigenvalue weighted by atomic mass is 9.91. The van der Waals surface area contributed by atoms with Crippen molar-refractivity contribution in [3.05, 3.63) is 88.1 Å². The van der Waals surface area contributed by atoms with Gasteiger partial charge in [-0.15, -0.1) is 0 Å². The monoisotopic (exact) mass is 364 g/mol. The van der Waals surface area contributed by atoms with Gasteiger partial charge in [0.15, 0.2) is 5.78 Å². The number of aryl methyl sites for hydroxylation is 1. The first-order valence-electron chi connectivity index (χ1n) is 8.61. The number of hydrogen-bond donors (Lipinski definition) is 2. The van der Waals surface area contributed by atoms with E-state index in [9.17, 15) is 14.7 Å². The summed E-state index contributed by atoms with van der Waals surface area (Å²) in [4.78, 5) is 29.3. The molecule has 0 aliphatic carbocycles. The third kappa shape index (κ3) is 4.61. The molecule has 1 atom stereocenters. The van der Waals surface area contributed by atoms with Gasteiger partial charge in [-0.05, 0) is 25.5 Å². The van der Waals surface area contributed by atoms with Crippen LogP contribution in [0.25, 0.3) is 0 Å². The lowest BCUT2D eigenvalue weighted by Crippen LogP contribution is -2.28. The molecular formula is C21H20N2O4. The fraction of sp³-hybridized carbons (Fsp3) is 0.190. The molecule has 0 saturated carbocycles. The van der Waals surface area contributed by atoms with Gasteiger partial charge in [0.05, 0.1) is 5.56 Å². The summed E-state index contributed by atoms with van der Waals surface area (Å²) in [5.41, 5.74) is 0.00945. The smallest absolute Gasteiger partial charge is 0.342 e. The fourth-order valence-corrected chi connectivity index (χ4v) is 2.85. The summed E-state index contributed by atoms with van der Waals surface area (Å²) in [6, 6.07) is 15.7. The van der Waals surface area contributed by atoms with Crippen LogP contribution in [0.15, 0.2) is 70.0 Å². The Morgan fingerprint density at radius 1 is 1.19 bits per heavy atom. The average Bonchev–Trinajstić information content (AvgIpc) is 2.68. The molecule has 6 nitrogen and oxygen atoms in total. The number of benzene rings is 1. The Kier molecular flexibility index (Phi) is 5.66. The highest BCUT2D eigenvalue weighted by Crippen LogP contribution is 2.21. The normalized spacial score (nSPS) is 11.7. The van der Waals surface area contributed by atoms with Crippen LogP contribution in [-0.4, -0.2) is 22.4 Å². The fourth-order valence-electron chi connectivity index (χ4n) is 2.85. The standard InChI is InChI=1S/C21H20N2O4/c1-14-11-18(24)17(21(26)27-14)12-16(13-23-19-9-5-6-10-22-19)20(25)15-7-3-2-4-8-15/h2-11,16,24H,12-13H2,1H3,(H,22,23). The molecule has 2 heterocycles. The molecule has 0 spiro atoms. The summed E-state index contributed by atoms with van der Waals surface area (Å²) in [5.74, 6) is 0.0825. The number of nitrogens with one attached hydrogen (secondary N) is 1. The Labute approximate surface area is 156 Å². The van der Waals surface area contributed by atoms with Crippen LogP contribution in [-0.2, 0) is 6.42 Å². The van der Waals surface area contributed by atoms with Crippen LogP contribution < -0.4 is 10.9 Å². The van der Waals surface area contributed by atoms with Gasteiger partial charge in [-0.3, -0.25) is 4.79 Å². The second-order valence-electron chi connectivity index (χ2n) is 6.24. The summed E-state index contributed by atoms with van der Waals surface area (Å²) in [6.45, 7) is 1.84. The lowest BCUT2D eigenvalue weighted by molar-refractivity contribution is 0.0925. The molecule has 27 heavy (non-hydrogen) atoms. The van der Waals surface area contributed by atoms with Crippen molar-refractivity contribution in [1.29, 1.82) is 0 Å². The number of nitrogens with zero attached hydrogens (tertiary/aromatic N) is 1. The van der Waals surface area contributed by atoms with Crippen molar-refractivity contribution >= 4 is 11.6 Å². The Hall–Kier alpha value is -3.41. The molecule has 0 bridgehead atoms. The highest BCUT2D eigenvalue weighted by Gasteiger charge is 2.24. The van der Waals surface area contributed by atoms with E-state index in [0.29, 0.717) is 17.1 Å². The zero-order chi connectivity index (χ0) is 19.2. The van der Waals surface area contributed by atoms with E-state index in [-0.39, 0.29) is 30.1 Å². The van der Waals surface area contributed by atoms with E-state index >= 15 is 0 Å². The van der Waals surface area contributed by atoms with Gasteiger partial charge < -0.3 is 14.8 Å². The van der Waals surface area contributed by atoms with E-state index in [1.165, 1.54) is 6.07 Å². The van der Waals surface area contributed by atoms with Crippen LogP contribution in [0.4, 0.5) is 5.82 Å². The number of aromatic hydroxyl groups is 1. The predicted molar refractivity (Wildman–Crippen MR) is 102 cm³/mol.